The Morgan fingerprint density at radius 2 is 1.79 bits per heavy atom. The van der Waals surface area contributed by atoms with Gasteiger partial charge < -0.3 is 9.31 Å². The summed E-state index contributed by atoms with van der Waals surface area (Å²) in [5.74, 6) is -0.300. The van der Waals surface area contributed by atoms with E-state index < -0.39 is 18.3 Å². The van der Waals surface area contributed by atoms with Gasteiger partial charge in [0.05, 0.1) is 11.2 Å². The standard InChI is InChI=1S/C15H20BFO2/c1-6-7-11-8-9-13(17)12(10-11)16-18-14(2,3)15(4,5)19-16/h6,8-10H,1,7H2,2-5H3. The van der Waals surface area contributed by atoms with Crippen LogP contribution in [0.15, 0.2) is 30.9 Å². The van der Waals surface area contributed by atoms with Crippen molar-refractivity contribution in [2.75, 3.05) is 0 Å². The van der Waals surface area contributed by atoms with Crippen molar-refractivity contribution in [1.82, 2.24) is 0 Å². The van der Waals surface area contributed by atoms with Gasteiger partial charge in [-0.1, -0.05) is 18.2 Å². The average molecular weight is 262 g/mol. The second kappa shape index (κ2) is 4.76. The van der Waals surface area contributed by atoms with Crippen LogP contribution in [-0.4, -0.2) is 18.3 Å². The molecule has 2 rings (SSSR count). The highest BCUT2D eigenvalue weighted by Gasteiger charge is 2.52. The molecule has 0 aliphatic carbocycles. The van der Waals surface area contributed by atoms with Gasteiger partial charge in [0.1, 0.15) is 5.82 Å². The fourth-order valence-corrected chi connectivity index (χ4v) is 2.04. The first-order valence-electron chi connectivity index (χ1n) is 6.52. The molecule has 1 aliphatic rings. The van der Waals surface area contributed by atoms with Gasteiger partial charge in [-0.2, -0.15) is 0 Å². The molecule has 2 nitrogen and oxygen atoms in total. The van der Waals surface area contributed by atoms with Crippen molar-refractivity contribution in [2.24, 2.45) is 0 Å². The van der Waals surface area contributed by atoms with Crippen LogP contribution in [0.1, 0.15) is 33.3 Å². The lowest BCUT2D eigenvalue weighted by molar-refractivity contribution is 0.00578. The lowest BCUT2D eigenvalue weighted by atomic mass is 9.77. The number of halogens is 1. The van der Waals surface area contributed by atoms with Crippen LogP contribution in [-0.2, 0) is 15.7 Å². The molecule has 0 spiro atoms. The lowest BCUT2D eigenvalue weighted by Crippen LogP contribution is -2.41. The summed E-state index contributed by atoms with van der Waals surface area (Å²) < 4.78 is 25.7. The maximum Gasteiger partial charge on any atom is 0.497 e. The summed E-state index contributed by atoms with van der Waals surface area (Å²) in [5.41, 5.74) is 0.538. The highest BCUT2D eigenvalue weighted by Crippen LogP contribution is 2.36. The second-order valence-corrected chi connectivity index (χ2v) is 5.94. The third kappa shape index (κ3) is 2.60. The Kier molecular flexibility index (Phi) is 3.58. The van der Waals surface area contributed by atoms with Gasteiger partial charge in [-0.05, 0) is 45.7 Å². The molecule has 0 saturated carbocycles. The quantitative estimate of drug-likeness (QED) is 0.616. The van der Waals surface area contributed by atoms with Crippen molar-refractivity contribution in [3.05, 3.63) is 42.2 Å². The molecular formula is C15H20BFO2. The minimum atomic E-state index is -0.658. The number of hydrogen-bond donors (Lipinski definition) is 0. The van der Waals surface area contributed by atoms with E-state index >= 15 is 0 Å². The Morgan fingerprint density at radius 1 is 1.21 bits per heavy atom. The molecule has 0 radical (unpaired) electrons. The Labute approximate surface area is 114 Å². The Hall–Kier alpha value is -1.13. The molecule has 0 atom stereocenters. The number of allylic oxidation sites excluding steroid dienone is 1. The highest BCUT2D eigenvalue weighted by atomic mass is 19.1. The van der Waals surface area contributed by atoms with Crippen LogP contribution in [0.4, 0.5) is 4.39 Å². The monoisotopic (exact) mass is 262 g/mol. The molecule has 0 bridgehead atoms. The minimum Gasteiger partial charge on any atom is -0.399 e. The zero-order valence-electron chi connectivity index (χ0n) is 12.0. The Morgan fingerprint density at radius 3 is 2.32 bits per heavy atom. The first-order valence-corrected chi connectivity index (χ1v) is 6.52. The van der Waals surface area contributed by atoms with E-state index in [1.54, 1.807) is 18.2 Å². The Balaban J connectivity index is 2.33. The van der Waals surface area contributed by atoms with Crippen LogP contribution >= 0.6 is 0 Å². The fourth-order valence-electron chi connectivity index (χ4n) is 2.04. The zero-order chi connectivity index (χ0) is 14.3. The smallest absolute Gasteiger partial charge is 0.399 e. The molecule has 19 heavy (non-hydrogen) atoms. The van der Waals surface area contributed by atoms with E-state index in [1.165, 1.54) is 6.07 Å². The van der Waals surface area contributed by atoms with Gasteiger partial charge >= 0.3 is 7.12 Å². The molecule has 0 aromatic heterocycles. The van der Waals surface area contributed by atoms with Crippen LogP contribution in [0.5, 0.6) is 0 Å². The summed E-state index contributed by atoms with van der Waals surface area (Å²) in [7, 11) is -0.658. The van der Waals surface area contributed by atoms with Crippen LogP contribution in [0.2, 0.25) is 0 Å². The summed E-state index contributed by atoms with van der Waals surface area (Å²) in [5, 5.41) is 0. The van der Waals surface area contributed by atoms with Crippen molar-refractivity contribution in [1.29, 1.82) is 0 Å². The van der Waals surface area contributed by atoms with Gasteiger partial charge in [0.15, 0.2) is 0 Å². The lowest BCUT2D eigenvalue weighted by Gasteiger charge is -2.32. The summed E-state index contributed by atoms with van der Waals surface area (Å²) in [4.78, 5) is 0. The Bertz CT molecular complexity index is 481. The molecule has 1 fully saturated rings. The molecule has 1 heterocycles. The van der Waals surface area contributed by atoms with E-state index in [-0.39, 0.29) is 5.82 Å². The number of benzene rings is 1. The third-order valence-corrected chi connectivity index (χ3v) is 3.95. The molecular weight excluding hydrogens is 242 g/mol. The normalized spacial score (nSPS) is 20.6. The maximum atomic E-state index is 14.0. The number of hydrogen-bond acceptors (Lipinski definition) is 2. The topological polar surface area (TPSA) is 18.5 Å². The van der Waals surface area contributed by atoms with Gasteiger partial charge in [0.25, 0.3) is 0 Å². The van der Waals surface area contributed by atoms with E-state index in [1.807, 2.05) is 27.7 Å². The van der Waals surface area contributed by atoms with Crippen molar-refractivity contribution in [3.8, 4) is 0 Å². The maximum absolute atomic E-state index is 14.0. The predicted molar refractivity (Wildman–Crippen MR) is 76.0 cm³/mol. The fraction of sp³-hybridized carbons (Fsp3) is 0.467. The molecule has 4 heteroatoms. The predicted octanol–water partition coefficient (Wildman–Crippen LogP) is 2.85. The summed E-state index contributed by atoms with van der Waals surface area (Å²) in [6.45, 7) is 11.5. The second-order valence-electron chi connectivity index (χ2n) is 5.94. The van der Waals surface area contributed by atoms with Gasteiger partial charge in [0.2, 0.25) is 0 Å². The van der Waals surface area contributed by atoms with Crippen molar-refractivity contribution >= 4 is 12.6 Å². The average Bonchev–Trinajstić information content (AvgIpc) is 2.51. The van der Waals surface area contributed by atoms with Crippen LogP contribution in [0.25, 0.3) is 0 Å². The summed E-state index contributed by atoms with van der Waals surface area (Å²) in [6.07, 6.45) is 2.49. The number of rotatable bonds is 3. The van der Waals surface area contributed by atoms with E-state index in [9.17, 15) is 4.39 Å². The molecule has 1 aliphatic heterocycles. The van der Waals surface area contributed by atoms with Crippen molar-refractivity contribution in [2.45, 2.75) is 45.3 Å². The molecule has 1 aromatic carbocycles. The highest BCUT2D eigenvalue weighted by molar-refractivity contribution is 6.62. The largest absolute Gasteiger partial charge is 0.497 e. The molecule has 0 unspecified atom stereocenters. The molecule has 0 amide bonds. The molecule has 1 aromatic rings. The molecule has 1 saturated heterocycles. The summed E-state index contributed by atoms with van der Waals surface area (Å²) in [6, 6.07) is 5.00. The van der Waals surface area contributed by atoms with Crippen LogP contribution in [0, 0.1) is 5.82 Å². The van der Waals surface area contributed by atoms with Crippen molar-refractivity contribution in [3.63, 3.8) is 0 Å². The van der Waals surface area contributed by atoms with Crippen molar-refractivity contribution < 1.29 is 13.7 Å². The van der Waals surface area contributed by atoms with Gasteiger partial charge in [0, 0.05) is 5.46 Å². The van der Waals surface area contributed by atoms with E-state index in [4.69, 9.17) is 9.31 Å². The first-order chi connectivity index (χ1) is 8.77. The summed E-state index contributed by atoms with van der Waals surface area (Å²) >= 11 is 0. The van der Waals surface area contributed by atoms with Gasteiger partial charge in [-0.3, -0.25) is 0 Å². The molecule has 0 N–H and O–H groups in total. The van der Waals surface area contributed by atoms with Crippen LogP contribution in [0.3, 0.4) is 0 Å². The third-order valence-electron chi connectivity index (χ3n) is 3.95. The van der Waals surface area contributed by atoms with E-state index in [2.05, 4.69) is 6.58 Å². The van der Waals surface area contributed by atoms with E-state index in [0.29, 0.717) is 11.9 Å². The molecule has 102 valence electrons. The van der Waals surface area contributed by atoms with Gasteiger partial charge in [-0.25, -0.2) is 4.39 Å². The first kappa shape index (κ1) is 14.3. The van der Waals surface area contributed by atoms with Gasteiger partial charge in [-0.15, -0.1) is 6.58 Å². The van der Waals surface area contributed by atoms with E-state index in [0.717, 1.165) is 5.56 Å². The van der Waals surface area contributed by atoms with Crippen LogP contribution < -0.4 is 5.46 Å². The SMILES string of the molecule is C=CCc1ccc(F)c(B2OC(C)(C)C(C)(C)O2)c1. The zero-order valence-corrected chi connectivity index (χ0v) is 12.0. The minimum absolute atomic E-state index is 0.300.